The van der Waals surface area contributed by atoms with Crippen molar-refractivity contribution in [1.29, 1.82) is 0 Å². The molecule has 0 spiro atoms. The van der Waals surface area contributed by atoms with Gasteiger partial charge in [0.25, 0.3) is 0 Å². The maximum absolute atomic E-state index is 12.1. The van der Waals surface area contributed by atoms with Gasteiger partial charge in [-0.25, -0.2) is 4.79 Å². The number of rotatable bonds is 2. The summed E-state index contributed by atoms with van der Waals surface area (Å²) < 4.78 is 10.8. The molecule has 1 fully saturated rings. The molecule has 1 saturated heterocycles. The summed E-state index contributed by atoms with van der Waals surface area (Å²) in [6.07, 6.45) is 1.37. The first kappa shape index (κ1) is 13.9. The first-order chi connectivity index (χ1) is 8.90. The van der Waals surface area contributed by atoms with E-state index in [1.807, 2.05) is 32.9 Å². The van der Waals surface area contributed by atoms with Crippen LogP contribution in [0.15, 0.2) is 22.8 Å². The van der Waals surface area contributed by atoms with Crippen LogP contribution in [-0.2, 0) is 4.74 Å². The van der Waals surface area contributed by atoms with Gasteiger partial charge in [0.15, 0.2) is 0 Å². The van der Waals surface area contributed by atoms with Crippen molar-refractivity contribution in [3.8, 4) is 0 Å². The van der Waals surface area contributed by atoms with Gasteiger partial charge in [0.2, 0.25) is 0 Å². The number of likely N-dealkylation sites (tertiary alicyclic amines) is 1. The second-order valence-electron chi connectivity index (χ2n) is 6.00. The van der Waals surface area contributed by atoms with Gasteiger partial charge in [-0.05, 0) is 39.4 Å². The van der Waals surface area contributed by atoms with Gasteiger partial charge in [-0.15, -0.1) is 0 Å². The number of amides is 1. The van der Waals surface area contributed by atoms with E-state index in [0.29, 0.717) is 19.6 Å². The molecule has 0 saturated carbocycles. The summed E-state index contributed by atoms with van der Waals surface area (Å²) in [6.45, 7) is 7.36. The first-order valence-corrected chi connectivity index (χ1v) is 6.62. The maximum atomic E-state index is 12.1. The Labute approximate surface area is 113 Å². The van der Waals surface area contributed by atoms with E-state index in [-0.39, 0.29) is 17.9 Å². The van der Waals surface area contributed by atoms with Crippen molar-refractivity contribution in [3.05, 3.63) is 24.2 Å². The van der Waals surface area contributed by atoms with Crippen molar-refractivity contribution in [2.45, 2.75) is 32.3 Å². The molecule has 2 atom stereocenters. The summed E-state index contributed by atoms with van der Waals surface area (Å²) in [5.41, 5.74) is 5.33. The molecule has 1 aliphatic heterocycles. The van der Waals surface area contributed by atoms with E-state index in [4.69, 9.17) is 14.9 Å². The first-order valence-electron chi connectivity index (χ1n) is 6.62. The Morgan fingerprint density at radius 1 is 1.53 bits per heavy atom. The molecule has 0 radical (unpaired) electrons. The van der Waals surface area contributed by atoms with Crippen molar-refractivity contribution in [3.63, 3.8) is 0 Å². The van der Waals surface area contributed by atoms with Crippen molar-refractivity contribution in [2.24, 2.45) is 11.7 Å². The fraction of sp³-hybridized carbons (Fsp3) is 0.643. The molecular formula is C14H22N2O3. The van der Waals surface area contributed by atoms with Crippen LogP contribution in [0, 0.1) is 5.92 Å². The Balaban J connectivity index is 2.05. The quantitative estimate of drug-likeness (QED) is 0.891. The summed E-state index contributed by atoms with van der Waals surface area (Å²) in [5.74, 6) is 1.27. The highest BCUT2D eigenvalue weighted by molar-refractivity contribution is 5.68. The average Bonchev–Trinajstić information content (AvgIpc) is 2.95. The minimum absolute atomic E-state index is 0.160. The summed E-state index contributed by atoms with van der Waals surface area (Å²) in [6, 6.07) is 3.80. The molecule has 0 unspecified atom stereocenters. The van der Waals surface area contributed by atoms with Crippen LogP contribution in [0.2, 0.25) is 0 Å². The molecule has 1 aromatic heterocycles. The average molecular weight is 266 g/mol. The number of nitrogens with two attached hydrogens (primary N) is 1. The van der Waals surface area contributed by atoms with Gasteiger partial charge in [-0.3, -0.25) is 0 Å². The second-order valence-corrected chi connectivity index (χ2v) is 6.00. The second kappa shape index (κ2) is 5.25. The molecule has 1 aromatic rings. The molecule has 0 aliphatic carbocycles. The van der Waals surface area contributed by atoms with Crippen LogP contribution in [0.1, 0.15) is 32.4 Å². The molecule has 0 aromatic carbocycles. The monoisotopic (exact) mass is 266 g/mol. The van der Waals surface area contributed by atoms with E-state index in [2.05, 4.69) is 0 Å². The Morgan fingerprint density at radius 3 is 2.79 bits per heavy atom. The lowest BCUT2D eigenvalue weighted by Crippen LogP contribution is -2.35. The molecule has 2 N–H and O–H groups in total. The highest BCUT2D eigenvalue weighted by Gasteiger charge is 2.38. The fourth-order valence-electron chi connectivity index (χ4n) is 2.41. The van der Waals surface area contributed by atoms with E-state index in [1.54, 1.807) is 11.2 Å². The lowest BCUT2D eigenvalue weighted by atomic mass is 9.94. The Morgan fingerprint density at radius 2 is 2.26 bits per heavy atom. The maximum Gasteiger partial charge on any atom is 0.410 e. The Bertz CT molecular complexity index is 422. The van der Waals surface area contributed by atoms with Crippen LogP contribution >= 0.6 is 0 Å². The highest BCUT2D eigenvalue weighted by Crippen LogP contribution is 2.33. The molecule has 1 aliphatic rings. The van der Waals surface area contributed by atoms with Crippen LogP contribution in [0.3, 0.4) is 0 Å². The summed E-state index contributed by atoms with van der Waals surface area (Å²) >= 11 is 0. The molecule has 2 heterocycles. The van der Waals surface area contributed by atoms with Gasteiger partial charge in [0, 0.05) is 24.9 Å². The van der Waals surface area contributed by atoms with Crippen molar-refractivity contribution in [2.75, 3.05) is 19.6 Å². The van der Waals surface area contributed by atoms with E-state index >= 15 is 0 Å². The molecule has 2 rings (SSSR count). The number of hydrogen-bond acceptors (Lipinski definition) is 4. The van der Waals surface area contributed by atoms with Gasteiger partial charge in [0.05, 0.1) is 6.26 Å². The zero-order valence-corrected chi connectivity index (χ0v) is 11.8. The third kappa shape index (κ3) is 3.29. The van der Waals surface area contributed by atoms with Crippen LogP contribution in [0.25, 0.3) is 0 Å². The zero-order valence-electron chi connectivity index (χ0n) is 11.8. The lowest BCUT2D eigenvalue weighted by Gasteiger charge is -2.24. The van der Waals surface area contributed by atoms with E-state index in [1.165, 1.54) is 0 Å². The molecule has 19 heavy (non-hydrogen) atoms. The standard InChI is InChI=1S/C14H22N2O3/c1-14(2,3)19-13(17)16-8-10(7-15)11(9-16)12-5-4-6-18-12/h4-6,10-11H,7-9,15H2,1-3H3/t10-,11-/m1/s1. The van der Waals surface area contributed by atoms with E-state index < -0.39 is 5.60 Å². The Kier molecular flexibility index (Phi) is 3.85. The van der Waals surface area contributed by atoms with Gasteiger partial charge in [0.1, 0.15) is 11.4 Å². The van der Waals surface area contributed by atoms with Crippen LogP contribution in [0.5, 0.6) is 0 Å². The third-order valence-corrected chi connectivity index (χ3v) is 3.30. The van der Waals surface area contributed by atoms with Gasteiger partial charge in [-0.1, -0.05) is 0 Å². The minimum atomic E-state index is -0.474. The summed E-state index contributed by atoms with van der Waals surface area (Å²) in [5, 5.41) is 0. The van der Waals surface area contributed by atoms with Gasteiger partial charge in [-0.2, -0.15) is 0 Å². The van der Waals surface area contributed by atoms with Crippen molar-refractivity contribution < 1.29 is 13.9 Å². The minimum Gasteiger partial charge on any atom is -0.469 e. The van der Waals surface area contributed by atoms with Crippen molar-refractivity contribution >= 4 is 6.09 Å². The van der Waals surface area contributed by atoms with Crippen LogP contribution in [-0.4, -0.2) is 36.2 Å². The number of hydrogen-bond donors (Lipinski definition) is 1. The Hall–Kier alpha value is -1.49. The van der Waals surface area contributed by atoms with Gasteiger partial charge >= 0.3 is 6.09 Å². The molecule has 5 heteroatoms. The SMILES string of the molecule is CC(C)(C)OC(=O)N1C[C@@H](CN)[C@H](c2ccco2)C1. The van der Waals surface area contributed by atoms with Crippen molar-refractivity contribution in [1.82, 2.24) is 4.90 Å². The van der Waals surface area contributed by atoms with Crippen LogP contribution in [0.4, 0.5) is 4.79 Å². The molecule has 0 bridgehead atoms. The van der Waals surface area contributed by atoms with E-state index in [9.17, 15) is 4.79 Å². The zero-order chi connectivity index (χ0) is 14.0. The molecule has 1 amide bonds. The lowest BCUT2D eigenvalue weighted by molar-refractivity contribution is 0.0287. The number of nitrogens with zero attached hydrogens (tertiary/aromatic N) is 1. The normalized spacial score (nSPS) is 23.7. The fourth-order valence-corrected chi connectivity index (χ4v) is 2.41. The molecule has 106 valence electrons. The summed E-state index contributed by atoms with van der Waals surface area (Å²) in [7, 11) is 0. The number of furan rings is 1. The molecular weight excluding hydrogens is 244 g/mol. The number of ether oxygens (including phenoxy) is 1. The van der Waals surface area contributed by atoms with Crippen LogP contribution < -0.4 is 5.73 Å². The van der Waals surface area contributed by atoms with Gasteiger partial charge < -0.3 is 19.8 Å². The topological polar surface area (TPSA) is 68.7 Å². The number of carbonyl (C=O) groups excluding carboxylic acids is 1. The third-order valence-electron chi connectivity index (χ3n) is 3.30. The summed E-state index contributed by atoms with van der Waals surface area (Å²) in [4.78, 5) is 13.8. The predicted molar refractivity (Wildman–Crippen MR) is 71.8 cm³/mol. The number of carbonyl (C=O) groups is 1. The highest BCUT2D eigenvalue weighted by atomic mass is 16.6. The smallest absolute Gasteiger partial charge is 0.410 e. The molecule has 5 nitrogen and oxygen atoms in total. The van der Waals surface area contributed by atoms with E-state index in [0.717, 1.165) is 5.76 Å². The predicted octanol–water partition coefficient (Wildman–Crippen LogP) is 2.19. The largest absolute Gasteiger partial charge is 0.469 e.